The zero-order valence-corrected chi connectivity index (χ0v) is 5.79. The third kappa shape index (κ3) is 4.48. The molecule has 0 amide bonds. The van der Waals surface area contributed by atoms with E-state index >= 15 is 0 Å². The van der Waals surface area contributed by atoms with Gasteiger partial charge in [0.05, 0.1) is 0 Å². The van der Waals surface area contributed by atoms with Crippen LogP contribution < -0.4 is 0 Å². The largest absolute Gasteiger partial charge is 0.0928 e. The van der Waals surface area contributed by atoms with Gasteiger partial charge in [-0.25, -0.2) is 0 Å². The molecule has 0 radical (unpaired) electrons. The average Bonchev–Trinajstić information content (AvgIpc) is 1.61. The summed E-state index contributed by atoms with van der Waals surface area (Å²) in [6.45, 7) is 2.21. The van der Waals surface area contributed by atoms with Crippen LogP contribution in [0.4, 0.5) is 0 Å². The Kier molecular flexibility index (Phi) is 5.92. The molecule has 0 unspecified atom stereocenters. The Bertz CT molecular complexity index is 15.9. The van der Waals surface area contributed by atoms with E-state index in [2.05, 4.69) is 22.9 Å². The summed E-state index contributed by atoms with van der Waals surface area (Å²) in [6, 6.07) is 0. The minimum Gasteiger partial charge on any atom is -0.0928 e. The van der Waals surface area contributed by atoms with E-state index < -0.39 is 0 Å². The maximum Gasteiger partial charge on any atom is 0.00313 e. The first-order valence-electron chi connectivity index (χ1n) is 2.47. The van der Waals surface area contributed by atoms with Gasteiger partial charge in [-0.2, -0.15) is 0 Å². The molecule has 38 valence electrons. The highest BCUT2D eigenvalue weighted by Crippen LogP contribution is 1.95. The molecule has 0 bridgehead atoms. The van der Waals surface area contributed by atoms with Crippen molar-refractivity contribution >= 4 is 15.9 Å². The number of hydrogen-bond acceptors (Lipinski definition) is 0. The van der Waals surface area contributed by atoms with Gasteiger partial charge in [0, 0.05) is 5.33 Å². The fraction of sp³-hybridized carbons (Fsp3) is 1.00. The second kappa shape index (κ2) is 5.48. The maximum absolute atomic E-state index is 3.35. The molecule has 0 aliphatic rings. The molecular formula is C5H11Br. The van der Waals surface area contributed by atoms with Crippen molar-refractivity contribution in [1.82, 2.24) is 0 Å². The lowest BCUT2D eigenvalue weighted by molar-refractivity contribution is 0.781. The standard InChI is InChI=1S/C5H11Br/c1-2-3-4-5-6/h2-5H2,1H3/i5+2. The second-order valence-corrected chi connectivity index (χ2v) is 2.19. The van der Waals surface area contributed by atoms with Crippen molar-refractivity contribution in [3.63, 3.8) is 0 Å². The smallest absolute Gasteiger partial charge is 0.00313 e. The molecule has 0 rings (SSSR count). The summed E-state index contributed by atoms with van der Waals surface area (Å²) in [6.07, 6.45) is 4.02. The van der Waals surface area contributed by atoms with Crippen LogP contribution in [0.2, 0.25) is 0 Å². The Hall–Kier alpha value is 0.480. The summed E-state index contributed by atoms with van der Waals surface area (Å²) >= 11 is 3.35. The van der Waals surface area contributed by atoms with E-state index in [0.717, 1.165) is 0 Å². The van der Waals surface area contributed by atoms with Crippen molar-refractivity contribution in [3.8, 4) is 0 Å². The number of unbranched alkanes of at least 4 members (excludes halogenated alkanes) is 2. The van der Waals surface area contributed by atoms with E-state index in [1.54, 1.807) is 0 Å². The van der Waals surface area contributed by atoms with Crippen LogP contribution in [0.5, 0.6) is 0 Å². The van der Waals surface area contributed by atoms with Gasteiger partial charge in [0.1, 0.15) is 0 Å². The van der Waals surface area contributed by atoms with Crippen LogP contribution in [0.3, 0.4) is 0 Å². The molecule has 0 spiro atoms. The summed E-state index contributed by atoms with van der Waals surface area (Å²) in [4.78, 5) is 0. The predicted octanol–water partition coefficient (Wildman–Crippen LogP) is 2.57. The summed E-state index contributed by atoms with van der Waals surface area (Å²) < 4.78 is 0. The van der Waals surface area contributed by atoms with Crippen LogP contribution in [-0.2, 0) is 0 Å². The molecule has 0 aliphatic carbocycles. The van der Waals surface area contributed by atoms with Gasteiger partial charge in [-0.1, -0.05) is 35.7 Å². The van der Waals surface area contributed by atoms with Gasteiger partial charge in [-0.15, -0.1) is 0 Å². The number of rotatable bonds is 3. The zero-order valence-electron chi connectivity index (χ0n) is 4.21. The number of halogens is 1. The minimum absolute atomic E-state index is 1.17. The SMILES string of the molecule is CCCC[14CH2]Br. The summed E-state index contributed by atoms with van der Waals surface area (Å²) in [5.41, 5.74) is 0. The molecule has 0 fully saturated rings. The number of hydrogen-bond donors (Lipinski definition) is 0. The molecule has 0 N–H and O–H groups in total. The van der Waals surface area contributed by atoms with Gasteiger partial charge in [0.2, 0.25) is 0 Å². The van der Waals surface area contributed by atoms with Crippen LogP contribution in [0, 0.1) is 0 Å². The van der Waals surface area contributed by atoms with Crippen molar-refractivity contribution in [2.24, 2.45) is 0 Å². The first kappa shape index (κ1) is 6.48. The Labute approximate surface area is 48.1 Å². The third-order valence-corrected chi connectivity index (χ3v) is 1.30. The Morgan fingerprint density at radius 1 is 1.67 bits per heavy atom. The Balaban J connectivity index is 2.34. The lowest BCUT2D eigenvalue weighted by Gasteiger charge is -1.85. The molecule has 0 saturated carbocycles. The summed E-state index contributed by atoms with van der Waals surface area (Å²) in [7, 11) is 0. The molecule has 0 atom stereocenters. The highest BCUT2D eigenvalue weighted by molar-refractivity contribution is 9.09. The second-order valence-electron chi connectivity index (χ2n) is 1.40. The molecule has 0 saturated heterocycles. The van der Waals surface area contributed by atoms with Gasteiger partial charge < -0.3 is 0 Å². The van der Waals surface area contributed by atoms with Crippen molar-refractivity contribution in [2.75, 3.05) is 5.33 Å². The molecule has 0 aromatic heterocycles. The van der Waals surface area contributed by atoms with E-state index in [1.807, 2.05) is 0 Å². The molecule has 0 heterocycles. The Morgan fingerprint density at radius 3 is 2.50 bits per heavy atom. The monoisotopic (exact) mass is 152 g/mol. The molecule has 6 heavy (non-hydrogen) atoms. The summed E-state index contributed by atoms with van der Waals surface area (Å²) in [5, 5.41) is 1.17. The normalized spacial score (nSPS) is 9.00. The lowest BCUT2D eigenvalue weighted by Crippen LogP contribution is -1.70. The van der Waals surface area contributed by atoms with Crippen molar-refractivity contribution < 1.29 is 0 Å². The van der Waals surface area contributed by atoms with Crippen molar-refractivity contribution in [1.29, 1.82) is 0 Å². The van der Waals surface area contributed by atoms with Crippen LogP contribution in [-0.4, -0.2) is 5.33 Å². The van der Waals surface area contributed by atoms with Crippen LogP contribution in [0.1, 0.15) is 26.2 Å². The summed E-state index contributed by atoms with van der Waals surface area (Å²) in [5.74, 6) is 0. The molecule has 0 aliphatic heterocycles. The fourth-order valence-corrected chi connectivity index (χ4v) is 0.741. The highest BCUT2D eigenvalue weighted by atomic mass is 79.9. The van der Waals surface area contributed by atoms with Crippen LogP contribution in [0.25, 0.3) is 0 Å². The van der Waals surface area contributed by atoms with Crippen molar-refractivity contribution in [3.05, 3.63) is 0 Å². The first-order valence-corrected chi connectivity index (χ1v) is 3.60. The topological polar surface area (TPSA) is 0 Å². The zero-order chi connectivity index (χ0) is 4.83. The van der Waals surface area contributed by atoms with Crippen LogP contribution in [0.15, 0.2) is 0 Å². The fourth-order valence-electron chi connectivity index (χ4n) is 0.344. The van der Waals surface area contributed by atoms with Gasteiger partial charge in [-0.3, -0.25) is 0 Å². The van der Waals surface area contributed by atoms with Crippen LogP contribution >= 0.6 is 15.9 Å². The maximum atomic E-state index is 3.35. The molecule has 1 heteroatoms. The van der Waals surface area contributed by atoms with E-state index in [1.165, 1.54) is 24.6 Å². The van der Waals surface area contributed by atoms with E-state index in [4.69, 9.17) is 0 Å². The molecule has 0 nitrogen and oxygen atoms in total. The third-order valence-electron chi connectivity index (χ3n) is 0.737. The molecular weight excluding hydrogens is 142 g/mol. The minimum atomic E-state index is 1.17. The average molecular weight is 153 g/mol. The van der Waals surface area contributed by atoms with Gasteiger partial charge in [0.15, 0.2) is 0 Å². The predicted molar refractivity (Wildman–Crippen MR) is 33.3 cm³/mol. The Morgan fingerprint density at radius 2 is 2.33 bits per heavy atom. The van der Waals surface area contributed by atoms with Gasteiger partial charge in [0.25, 0.3) is 0 Å². The lowest BCUT2D eigenvalue weighted by atomic mass is 10.3. The van der Waals surface area contributed by atoms with E-state index in [-0.39, 0.29) is 0 Å². The quantitative estimate of drug-likeness (QED) is 0.431. The van der Waals surface area contributed by atoms with Crippen molar-refractivity contribution in [2.45, 2.75) is 26.2 Å². The molecule has 0 aromatic rings. The molecule has 0 aromatic carbocycles. The van der Waals surface area contributed by atoms with Gasteiger partial charge >= 0.3 is 0 Å². The van der Waals surface area contributed by atoms with Gasteiger partial charge in [-0.05, 0) is 6.42 Å². The first-order chi connectivity index (χ1) is 2.91. The highest BCUT2D eigenvalue weighted by Gasteiger charge is 1.76. The van der Waals surface area contributed by atoms with E-state index in [0.29, 0.717) is 0 Å². The number of alkyl halides is 1. The van der Waals surface area contributed by atoms with E-state index in [9.17, 15) is 0 Å².